The van der Waals surface area contributed by atoms with Crippen molar-refractivity contribution in [1.82, 2.24) is 4.90 Å². The van der Waals surface area contributed by atoms with Gasteiger partial charge in [0.15, 0.2) is 0 Å². The molecule has 94 valence electrons. The summed E-state index contributed by atoms with van der Waals surface area (Å²) in [5, 5.41) is 0. The Balaban J connectivity index is 1.85. The molecule has 0 spiro atoms. The lowest BCUT2D eigenvalue weighted by molar-refractivity contribution is 0.222. The minimum Gasteiger partial charge on any atom is -0.492 e. The fourth-order valence-corrected chi connectivity index (χ4v) is 2.23. The molecule has 1 aromatic rings. The van der Waals surface area contributed by atoms with E-state index in [1.165, 1.54) is 18.4 Å². The fraction of sp³-hybridized carbons (Fsp3) is 0.571. The molecule has 17 heavy (non-hydrogen) atoms. The van der Waals surface area contributed by atoms with E-state index in [1.807, 2.05) is 6.07 Å². The first-order valence-electron chi connectivity index (χ1n) is 6.53. The number of fused-ring (bicyclic) bond motifs is 1. The second kappa shape index (κ2) is 6.62. The molecule has 0 saturated carbocycles. The van der Waals surface area contributed by atoms with Crippen molar-refractivity contribution >= 4 is 0 Å². The summed E-state index contributed by atoms with van der Waals surface area (Å²) in [5.41, 5.74) is 6.81. The molecule has 0 amide bonds. The van der Waals surface area contributed by atoms with E-state index < -0.39 is 0 Å². The van der Waals surface area contributed by atoms with E-state index in [1.54, 1.807) is 0 Å². The Bertz CT molecular complexity index is 341. The second-order valence-electron chi connectivity index (χ2n) is 4.58. The van der Waals surface area contributed by atoms with Gasteiger partial charge in [-0.3, -0.25) is 4.90 Å². The number of unbranched alkanes of at least 4 members (excludes halogenated alkanes) is 2. The summed E-state index contributed by atoms with van der Waals surface area (Å²) in [7, 11) is 0. The summed E-state index contributed by atoms with van der Waals surface area (Å²) >= 11 is 0. The highest BCUT2D eigenvalue weighted by Gasteiger charge is 2.13. The summed E-state index contributed by atoms with van der Waals surface area (Å²) in [6, 6.07) is 8.34. The number of nitrogens with zero attached hydrogens (tertiary/aromatic N) is 1. The normalized spacial score (nSPS) is 16.1. The van der Waals surface area contributed by atoms with Crippen LogP contribution in [0.15, 0.2) is 24.3 Å². The molecule has 1 heterocycles. The lowest BCUT2D eigenvalue weighted by Gasteiger charge is -2.18. The molecule has 0 radical (unpaired) electrons. The van der Waals surface area contributed by atoms with Gasteiger partial charge in [-0.2, -0.15) is 0 Å². The van der Waals surface area contributed by atoms with Crippen molar-refractivity contribution in [2.75, 3.05) is 26.2 Å². The van der Waals surface area contributed by atoms with Gasteiger partial charge in [0.1, 0.15) is 12.4 Å². The number of benzene rings is 1. The molecule has 1 aliphatic rings. The van der Waals surface area contributed by atoms with Crippen molar-refractivity contribution in [3.05, 3.63) is 29.8 Å². The summed E-state index contributed by atoms with van der Waals surface area (Å²) in [6.45, 7) is 4.80. The highest BCUT2D eigenvalue weighted by atomic mass is 16.5. The Morgan fingerprint density at radius 3 is 2.94 bits per heavy atom. The average Bonchev–Trinajstić information content (AvgIpc) is 2.56. The third-order valence-corrected chi connectivity index (χ3v) is 3.21. The Hall–Kier alpha value is -1.06. The lowest BCUT2D eigenvalue weighted by atomic mass is 10.2. The van der Waals surface area contributed by atoms with E-state index in [0.29, 0.717) is 0 Å². The topological polar surface area (TPSA) is 38.5 Å². The van der Waals surface area contributed by atoms with Crippen LogP contribution >= 0.6 is 0 Å². The van der Waals surface area contributed by atoms with E-state index in [9.17, 15) is 0 Å². The zero-order valence-electron chi connectivity index (χ0n) is 10.4. The average molecular weight is 234 g/mol. The summed E-state index contributed by atoms with van der Waals surface area (Å²) in [4.78, 5) is 2.47. The molecule has 1 aliphatic heterocycles. The van der Waals surface area contributed by atoms with Gasteiger partial charge in [-0.15, -0.1) is 0 Å². The molecule has 3 heteroatoms. The van der Waals surface area contributed by atoms with Crippen molar-refractivity contribution in [3.63, 3.8) is 0 Å². The van der Waals surface area contributed by atoms with Crippen molar-refractivity contribution in [2.24, 2.45) is 5.73 Å². The van der Waals surface area contributed by atoms with Crippen LogP contribution in [0.25, 0.3) is 0 Å². The molecule has 0 aromatic heterocycles. The van der Waals surface area contributed by atoms with Crippen molar-refractivity contribution in [3.8, 4) is 5.75 Å². The minimum atomic E-state index is 0.800. The fourth-order valence-electron chi connectivity index (χ4n) is 2.23. The maximum Gasteiger partial charge on any atom is 0.123 e. The smallest absolute Gasteiger partial charge is 0.123 e. The number of para-hydroxylation sites is 1. The van der Waals surface area contributed by atoms with E-state index in [0.717, 1.165) is 45.0 Å². The molecule has 0 unspecified atom stereocenters. The third kappa shape index (κ3) is 3.72. The SMILES string of the molecule is NCCCCCN1CCOc2ccccc2C1. The van der Waals surface area contributed by atoms with Crippen LogP contribution in [0.3, 0.4) is 0 Å². The molecule has 0 aliphatic carbocycles. The van der Waals surface area contributed by atoms with Crippen molar-refractivity contribution < 1.29 is 4.74 Å². The van der Waals surface area contributed by atoms with Gasteiger partial charge in [0.2, 0.25) is 0 Å². The number of hydrogen-bond donors (Lipinski definition) is 1. The lowest BCUT2D eigenvalue weighted by Crippen LogP contribution is -2.26. The van der Waals surface area contributed by atoms with Crippen LogP contribution in [-0.4, -0.2) is 31.1 Å². The highest BCUT2D eigenvalue weighted by molar-refractivity contribution is 5.33. The number of nitrogens with two attached hydrogens (primary N) is 1. The van der Waals surface area contributed by atoms with Crippen LogP contribution in [0.2, 0.25) is 0 Å². The van der Waals surface area contributed by atoms with Gasteiger partial charge in [0.25, 0.3) is 0 Å². The third-order valence-electron chi connectivity index (χ3n) is 3.21. The highest BCUT2D eigenvalue weighted by Crippen LogP contribution is 2.22. The predicted molar refractivity (Wildman–Crippen MR) is 70.1 cm³/mol. The Morgan fingerprint density at radius 2 is 2.06 bits per heavy atom. The Morgan fingerprint density at radius 1 is 1.18 bits per heavy atom. The maximum atomic E-state index is 5.74. The quantitative estimate of drug-likeness (QED) is 0.792. The van der Waals surface area contributed by atoms with Crippen LogP contribution in [-0.2, 0) is 6.54 Å². The molecule has 0 atom stereocenters. The van der Waals surface area contributed by atoms with E-state index in [-0.39, 0.29) is 0 Å². The molecular formula is C14H22N2O. The summed E-state index contributed by atoms with van der Waals surface area (Å²) in [6.07, 6.45) is 3.61. The van der Waals surface area contributed by atoms with Gasteiger partial charge in [-0.1, -0.05) is 24.6 Å². The van der Waals surface area contributed by atoms with Gasteiger partial charge >= 0.3 is 0 Å². The van der Waals surface area contributed by atoms with Gasteiger partial charge in [0.05, 0.1) is 0 Å². The molecule has 1 aromatic carbocycles. The van der Waals surface area contributed by atoms with E-state index >= 15 is 0 Å². The van der Waals surface area contributed by atoms with Gasteiger partial charge in [-0.25, -0.2) is 0 Å². The Kier molecular flexibility index (Phi) is 4.83. The van der Waals surface area contributed by atoms with Gasteiger partial charge in [-0.05, 0) is 32.0 Å². The maximum absolute atomic E-state index is 5.74. The molecule has 0 bridgehead atoms. The van der Waals surface area contributed by atoms with Crippen LogP contribution < -0.4 is 10.5 Å². The second-order valence-corrected chi connectivity index (χ2v) is 4.58. The number of ether oxygens (including phenoxy) is 1. The zero-order valence-corrected chi connectivity index (χ0v) is 10.4. The first-order valence-corrected chi connectivity index (χ1v) is 6.53. The number of hydrogen-bond acceptors (Lipinski definition) is 3. The largest absolute Gasteiger partial charge is 0.492 e. The van der Waals surface area contributed by atoms with Gasteiger partial charge < -0.3 is 10.5 Å². The van der Waals surface area contributed by atoms with Crippen LogP contribution in [0.4, 0.5) is 0 Å². The summed E-state index contributed by atoms with van der Waals surface area (Å²) in [5.74, 6) is 1.05. The van der Waals surface area contributed by atoms with Crippen molar-refractivity contribution in [1.29, 1.82) is 0 Å². The Labute approximate surface area is 104 Å². The molecular weight excluding hydrogens is 212 g/mol. The standard InChI is InChI=1S/C14H22N2O/c15-8-4-1-5-9-16-10-11-17-14-7-3-2-6-13(14)12-16/h2-3,6-7H,1,4-5,8-12,15H2. The van der Waals surface area contributed by atoms with Crippen molar-refractivity contribution in [2.45, 2.75) is 25.8 Å². The minimum absolute atomic E-state index is 0.800. The molecule has 3 nitrogen and oxygen atoms in total. The number of rotatable bonds is 5. The molecule has 2 N–H and O–H groups in total. The predicted octanol–water partition coefficient (Wildman–Crippen LogP) is 2.01. The summed E-state index contributed by atoms with van der Waals surface area (Å²) < 4.78 is 5.74. The van der Waals surface area contributed by atoms with E-state index in [4.69, 9.17) is 10.5 Å². The van der Waals surface area contributed by atoms with Gasteiger partial charge in [0, 0.05) is 18.7 Å². The first kappa shape index (κ1) is 12.4. The van der Waals surface area contributed by atoms with Crippen LogP contribution in [0, 0.1) is 0 Å². The monoisotopic (exact) mass is 234 g/mol. The first-order chi connectivity index (χ1) is 8.40. The van der Waals surface area contributed by atoms with E-state index in [2.05, 4.69) is 23.1 Å². The molecule has 0 fully saturated rings. The zero-order chi connectivity index (χ0) is 11.9. The molecule has 2 rings (SSSR count). The van der Waals surface area contributed by atoms with Crippen LogP contribution in [0.5, 0.6) is 5.75 Å². The molecule has 0 saturated heterocycles. The van der Waals surface area contributed by atoms with Crippen LogP contribution in [0.1, 0.15) is 24.8 Å².